The Morgan fingerprint density at radius 3 is 2.03 bits per heavy atom. The number of ether oxygens (including phenoxy) is 2. The number of Topliss-reactive ketones (excluding diaryl/α,β-unsaturated/α-hetero) is 2. The maximum atomic E-state index is 13.7. The first-order valence-electron chi connectivity index (χ1n) is 12.4. The molecule has 0 spiro atoms. The normalized spacial score (nSPS) is 21.6. The molecule has 0 amide bonds. The van der Waals surface area contributed by atoms with E-state index in [0.29, 0.717) is 37.6 Å². The molecule has 0 unspecified atom stereocenters. The molecule has 1 heterocycles. The molecule has 188 valence electrons. The van der Waals surface area contributed by atoms with Crippen LogP contribution in [0.15, 0.2) is 47.3 Å². The van der Waals surface area contributed by atoms with Crippen LogP contribution < -0.4 is 9.47 Å². The van der Waals surface area contributed by atoms with Gasteiger partial charge < -0.3 is 14.4 Å². The van der Waals surface area contributed by atoms with E-state index in [1.165, 1.54) is 0 Å². The zero-order valence-corrected chi connectivity index (χ0v) is 23.9. The molecule has 0 saturated carbocycles. The maximum absolute atomic E-state index is 13.7. The summed E-state index contributed by atoms with van der Waals surface area (Å²) in [6.45, 7) is 15.2. The second kappa shape index (κ2) is 9.41. The fourth-order valence-corrected chi connectivity index (χ4v) is 6.58. The smallest absolute Gasteiger partial charge is 0.174 e. The minimum Gasteiger partial charge on any atom is -0.490 e. The molecule has 0 atom stereocenters. The summed E-state index contributed by atoms with van der Waals surface area (Å²) in [5.41, 5.74) is 4.34. The number of hydrogen-bond donors (Lipinski definition) is 0. The third-order valence-electron chi connectivity index (χ3n) is 7.19. The fourth-order valence-electron chi connectivity index (χ4n) is 5.80. The summed E-state index contributed by atoms with van der Waals surface area (Å²) in [6, 6.07) is 4.02. The van der Waals surface area contributed by atoms with Crippen LogP contribution in [0.3, 0.4) is 0 Å². The van der Waals surface area contributed by atoms with Crippen molar-refractivity contribution in [2.24, 2.45) is 10.8 Å². The van der Waals surface area contributed by atoms with Gasteiger partial charge in [-0.2, -0.15) is 0 Å². The third-order valence-corrected chi connectivity index (χ3v) is 7.99. The van der Waals surface area contributed by atoms with Crippen molar-refractivity contribution < 1.29 is 19.1 Å². The van der Waals surface area contributed by atoms with Crippen molar-refractivity contribution in [3.8, 4) is 11.5 Å². The number of ketones is 2. The molecule has 2 aliphatic carbocycles. The van der Waals surface area contributed by atoms with Crippen LogP contribution in [0.1, 0.15) is 71.8 Å². The molecule has 6 heteroatoms. The topological polar surface area (TPSA) is 55.8 Å². The maximum Gasteiger partial charge on any atom is 0.174 e. The van der Waals surface area contributed by atoms with Gasteiger partial charge >= 0.3 is 0 Å². The van der Waals surface area contributed by atoms with Gasteiger partial charge in [0.25, 0.3) is 0 Å². The molecule has 1 aliphatic heterocycles. The number of benzene rings is 1. The Bertz CT molecular complexity index is 1100. The Kier molecular flexibility index (Phi) is 6.99. The first-order valence-corrected chi connectivity index (χ1v) is 13.4. The van der Waals surface area contributed by atoms with Crippen LogP contribution in [0.2, 0.25) is 0 Å². The van der Waals surface area contributed by atoms with Crippen molar-refractivity contribution in [2.75, 3.05) is 20.3 Å². The van der Waals surface area contributed by atoms with Crippen molar-refractivity contribution >= 4 is 34.2 Å². The summed E-state index contributed by atoms with van der Waals surface area (Å²) in [4.78, 5) is 29.6. The van der Waals surface area contributed by atoms with E-state index in [0.717, 1.165) is 44.5 Å². The van der Waals surface area contributed by atoms with E-state index in [9.17, 15) is 9.59 Å². The molecule has 1 aromatic carbocycles. The highest BCUT2D eigenvalue weighted by Gasteiger charge is 2.48. The van der Waals surface area contributed by atoms with E-state index in [4.69, 9.17) is 9.47 Å². The Morgan fingerprint density at radius 1 is 1.00 bits per heavy atom. The molecule has 0 radical (unpaired) electrons. The largest absolute Gasteiger partial charge is 0.490 e. The Hall–Kier alpha value is -2.09. The van der Waals surface area contributed by atoms with E-state index in [1.807, 2.05) is 26.1 Å². The zero-order valence-electron chi connectivity index (χ0n) is 21.7. The van der Waals surface area contributed by atoms with Crippen molar-refractivity contribution in [3.05, 3.63) is 56.5 Å². The Morgan fingerprint density at radius 2 is 1.54 bits per heavy atom. The fraction of sp³-hybridized carbons (Fsp3) is 0.517. The first kappa shape index (κ1) is 26.0. The minimum absolute atomic E-state index is 0.117. The lowest BCUT2D eigenvalue weighted by Crippen LogP contribution is -2.43. The molecular formula is C29H36INO4. The number of nitrogens with zero attached hydrogens (tertiary/aromatic N) is 1. The highest BCUT2D eigenvalue weighted by atomic mass is 127. The van der Waals surface area contributed by atoms with Crippen molar-refractivity contribution in [1.82, 2.24) is 4.90 Å². The van der Waals surface area contributed by atoms with Crippen LogP contribution >= 0.6 is 22.6 Å². The standard InChI is InChI=1S/C29H36INO4/c1-8-10-35-27-18(30)11-17(12-23(27)34-9-2)24-25-19(13-28(3,4)15-21(25)32)31(7)20-14-29(5,6)16-22(33)26(20)24/h8,11-12,24H,1,9-10,13-16H2,2-7H3. The van der Waals surface area contributed by atoms with Gasteiger partial charge in [-0.3, -0.25) is 9.59 Å². The summed E-state index contributed by atoms with van der Waals surface area (Å²) < 4.78 is 12.8. The van der Waals surface area contributed by atoms with Gasteiger partial charge in [-0.1, -0.05) is 40.3 Å². The van der Waals surface area contributed by atoms with E-state index in [1.54, 1.807) is 6.08 Å². The summed E-state index contributed by atoms with van der Waals surface area (Å²) in [5, 5.41) is 0. The Labute approximate surface area is 222 Å². The average Bonchev–Trinajstić information content (AvgIpc) is 2.73. The average molecular weight is 590 g/mol. The van der Waals surface area contributed by atoms with Crippen LogP contribution in [0.5, 0.6) is 11.5 Å². The van der Waals surface area contributed by atoms with Crippen molar-refractivity contribution in [1.29, 1.82) is 0 Å². The molecule has 0 aromatic heterocycles. The molecule has 35 heavy (non-hydrogen) atoms. The summed E-state index contributed by atoms with van der Waals surface area (Å²) in [7, 11) is 2.03. The van der Waals surface area contributed by atoms with Gasteiger partial charge in [-0.25, -0.2) is 0 Å². The van der Waals surface area contributed by atoms with E-state index >= 15 is 0 Å². The number of rotatable bonds is 6. The van der Waals surface area contributed by atoms with Crippen LogP contribution in [0.4, 0.5) is 0 Å². The lowest BCUT2D eigenvalue weighted by Gasteiger charge is -2.48. The highest BCUT2D eigenvalue weighted by Crippen LogP contribution is 2.54. The predicted octanol–water partition coefficient (Wildman–Crippen LogP) is 6.57. The predicted molar refractivity (Wildman–Crippen MR) is 147 cm³/mol. The summed E-state index contributed by atoms with van der Waals surface area (Å²) in [6.07, 6.45) is 4.28. The molecular weight excluding hydrogens is 553 g/mol. The van der Waals surface area contributed by atoms with Crippen molar-refractivity contribution in [2.45, 2.75) is 66.2 Å². The number of hydrogen-bond acceptors (Lipinski definition) is 5. The van der Waals surface area contributed by atoms with E-state index in [2.05, 4.69) is 61.8 Å². The van der Waals surface area contributed by atoms with Gasteiger partial charge in [0.2, 0.25) is 0 Å². The van der Waals surface area contributed by atoms with Crippen molar-refractivity contribution in [3.63, 3.8) is 0 Å². The second-order valence-electron chi connectivity index (χ2n) is 11.5. The van der Waals surface area contributed by atoms with Gasteiger partial charge in [-0.15, -0.1) is 0 Å². The summed E-state index contributed by atoms with van der Waals surface area (Å²) >= 11 is 2.26. The van der Waals surface area contributed by atoms with Gasteiger partial charge in [0.15, 0.2) is 23.1 Å². The van der Waals surface area contributed by atoms with Gasteiger partial charge in [-0.05, 0) is 70.9 Å². The molecule has 0 saturated heterocycles. The van der Waals surface area contributed by atoms with E-state index < -0.39 is 0 Å². The minimum atomic E-state index is -0.385. The molecule has 5 nitrogen and oxygen atoms in total. The number of carbonyl (C=O) groups is 2. The van der Waals surface area contributed by atoms with Gasteiger partial charge in [0, 0.05) is 48.3 Å². The number of carbonyl (C=O) groups excluding carboxylic acids is 2. The molecule has 4 rings (SSSR count). The molecule has 0 bridgehead atoms. The van der Waals surface area contributed by atoms with E-state index in [-0.39, 0.29) is 28.3 Å². The van der Waals surface area contributed by atoms with Crippen LogP contribution in [-0.2, 0) is 9.59 Å². The number of allylic oxidation sites excluding steroid dienone is 4. The SMILES string of the molecule is C=CCOc1c(I)cc(C2C3=C(CC(C)(C)CC3=O)N(C)C3=C2C(=O)CC(C)(C)C3)cc1OCC. The summed E-state index contributed by atoms with van der Waals surface area (Å²) in [5.74, 6) is 1.19. The Balaban J connectivity index is 1.96. The van der Waals surface area contributed by atoms with Gasteiger partial charge in [0.05, 0.1) is 10.2 Å². The third kappa shape index (κ3) is 4.83. The lowest BCUT2D eigenvalue weighted by atomic mass is 9.64. The van der Waals surface area contributed by atoms with Crippen LogP contribution in [0, 0.1) is 14.4 Å². The number of halogens is 1. The molecule has 3 aliphatic rings. The zero-order chi connectivity index (χ0) is 25.7. The monoisotopic (exact) mass is 589 g/mol. The molecule has 1 aromatic rings. The first-order chi connectivity index (χ1) is 16.4. The van der Waals surface area contributed by atoms with Gasteiger partial charge in [0.1, 0.15) is 6.61 Å². The second-order valence-corrected chi connectivity index (χ2v) is 12.6. The highest BCUT2D eigenvalue weighted by molar-refractivity contribution is 14.1. The van der Waals surface area contributed by atoms with Crippen LogP contribution in [0.25, 0.3) is 0 Å². The molecule has 0 fully saturated rings. The lowest BCUT2D eigenvalue weighted by molar-refractivity contribution is -0.119. The van der Waals surface area contributed by atoms with Crippen LogP contribution in [-0.4, -0.2) is 36.7 Å². The molecule has 0 N–H and O–H groups in total. The quantitative estimate of drug-likeness (QED) is 0.278.